The molecule has 1 saturated heterocycles. The van der Waals surface area contributed by atoms with Gasteiger partial charge >= 0.3 is 0 Å². The zero-order chi connectivity index (χ0) is 34.6. The van der Waals surface area contributed by atoms with Crippen LogP contribution in [0.4, 0.5) is 10.1 Å². The summed E-state index contributed by atoms with van der Waals surface area (Å²) in [6, 6.07) is 25.9. The van der Waals surface area contributed by atoms with Crippen molar-refractivity contribution in [1.82, 2.24) is 20.9 Å². The van der Waals surface area contributed by atoms with Gasteiger partial charge in [-0.25, -0.2) is 4.39 Å². The molecule has 3 aromatic carbocycles. The van der Waals surface area contributed by atoms with Gasteiger partial charge in [0.15, 0.2) is 5.88 Å². The maximum Gasteiger partial charge on any atom is 0.271 e. The molecule has 0 spiro atoms. The highest BCUT2D eigenvalue weighted by Gasteiger charge is 2.33. The van der Waals surface area contributed by atoms with Crippen LogP contribution in [0.5, 0.6) is 0 Å². The van der Waals surface area contributed by atoms with Crippen LogP contribution in [0.2, 0.25) is 0 Å². The number of rotatable bonds is 15. The van der Waals surface area contributed by atoms with Gasteiger partial charge in [-0.1, -0.05) is 72.8 Å². The van der Waals surface area contributed by atoms with Gasteiger partial charge in [0, 0.05) is 32.1 Å². The molecule has 4 aromatic rings. The van der Waals surface area contributed by atoms with Gasteiger partial charge in [0.05, 0.1) is 18.8 Å². The molecule has 5 N–H and O–H groups in total. The van der Waals surface area contributed by atoms with Crippen LogP contribution in [-0.2, 0) is 32.0 Å². The maximum atomic E-state index is 14.0. The molecule has 1 aromatic heterocycles. The summed E-state index contributed by atoms with van der Waals surface area (Å²) in [5, 5.41) is 12.2. The van der Waals surface area contributed by atoms with Crippen LogP contribution in [0.25, 0.3) is 0 Å². The lowest BCUT2D eigenvalue weighted by Crippen LogP contribution is -2.49. The number of carbonyl (C=O) groups is 2. The molecule has 5 rings (SSSR count). The van der Waals surface area contributed by atoms with Gasteiger partial charge in [0.2, 0.25) is 11.8 Å². The third-order valence-corrected chi connectivity index (χ3v) is 8.35. The molecule has 256 valence electrons. The number of aryl methyl sites for hydroxylation is 1. The fourth-order valence-corrected chi connectivity index (χ4v) is 5.82. The molecular weight excluding hydrogens is 625 g/mol. The lowest BCUT2D eigenvalue weighted by Gasteiger charge is -2.31. The minimum absolute atomic E-state index is 0.0390. The van der Waals surface area contributed by atoms with Crippen molar-refractivity contribution < 1.29 is 23.5 Å². The van der Waals surface area contributed by atoms with Gasteiger partial charge < -0.3 is 35.7 Å². The Morgan fingerprint density at radius 2 is 1.67 bits per heavy atom. The quantitative estimate of drug-likeness (QED) is 0.119. The molecule has 1 unspecified atom stereocenters. The summed E-state index contributed by atoms with van der Waals surface area (Å²) in [5.74, 6) is -1.24. The monoisotopic (exact) mass is 667 g/mol. The van der Waals surface area contributed by atoms with E-state index >= 15 is 0 Å². The number of morpholine rings is 1. The Hall–Kier alpha value is -5.26. The molecular formula is C38H42FN5O5. The van der Waals surface area contributed by atoms with E-state index in [1.807, 2.05) is 60.7 Å². The van der Waals surface area contributed by atoms with E-state index < -0.39 is 23.4 Å². The summed E-state index contributed by atoms with van der Waals surface area (Å²) in [6.07, 6.45) is 2.51. The molecule has 2 amide bonds. The van der Waals surface area contributed by atoms with Crippen LogP contribution in [-0.4, -0.2) is 54.7 Å². The minimum atomic E-state index is -0.992. The molecule has 3 atom stereocenters. The number of pyridine rings is 1. The smallest absolute Gasteiger partial charge is 0.271 e. The number of benzene rings is 3. The number of hydrogen-bond donors (Lipinski definition) is 5. The predicted octanol–water partition coefficient (Wildman–Crippen LogP) is 4.36. The summed E-state index contributed by atoms with van der Waals surface area (Å²) >= 11 is 0. The van der Waals surface area contributed by atoms with Gasteiger partial charge in [-0.15, -0.1) is 0 Å². The Kier molecular flexibility index (Phi) is 12.3. The van der Waals surface area contributed by atoms with Crippen molar-refractivity contribution in [2.45, 2.75) is 50.4 Å². The average molecular weight is 668 g/mol. The number of aromatic nitrogens is 1. The Bertz CT molecular complexity index is 1700. The normalized spacial score (nSPS) is 16.4. The van der Waals surface area contributed by atoms with Gasteiger partial charge in [-0.05, 0) is 59.9 Å². The molecule has 11 heteroatoms. The van der Waals surface area contributed by atoms with Crippen LogP contribution in [0.1, 0.15) is 41.5 Å². The first-order valence-corrected chi connectivity index (χ1v) is 16.3. The van der Waals surface area contributed by atoms with Crippen LogP contribution >= 0.6 is 0 Å². The Morgan fingerprint density at radius 1 is 1.00 bits per heavy atom. The van der Waals surface area contributed by atoms with E-state index in [1.165, 1.54) is 19.1 Å². The Morgan fingerprint density at radius 3 is 2.29 bits per heavy atom. The molecule has 2 heterocycles. The largest absolute Gasteiger partial charge is 0.478 e. The molecule has 0 saturated carbocycles. The highest BCUT2D eigenvalue weighted by atomic mass is 19.1. The fraction of sp³-hybridized carbons (Fsp3) is 0.289. The van der Waals surface area contributed by atoms with Crippen LogP contribution < -0.4 is 26.8 Å². The second kappa shape index (κ2) is 17.2. The lowest BCUT2D eigenvalue weighted by molar-refractivity contribution is -0.125. The summed E-state index contributed by atoms with van der Waals surface area (Å²) in [4.78, 5) is 42.1. The molecule has 1 fully saturated rings. The number of H-pyrrole nitrogens is 1. The zero-order valence-electron chi connectivity index (χ0n) is 27.4. The lowest BCUT2D eigenvalue weighted by atomic mass is 9.84. The number of hydrogen-bond acceptors (Lipinski definition) is 7. The summed E-state index contributed by atoms with van der Waals surface area (Å²) in [6.45, 7) is 7.09. The van der Waals surface area contributed by atoms with Gasteiger partial charge in [0.25, 0.3) is 5.56 Å². The van der Waals surface area contributed by atoms with Crippen LogP contribution in [0.3, 0.4) is 0 Å². The molecule has 1 aliphatic heterocycles. The topological polar surface area (TPSA) is 134 Å². The minimum Gasteiger partial charge on any atom is -0.478 e. The van der Waals surface area contributed by atoms with Crippen molar-refractivity contribution in [1.29, 1.82) is 0 Å². The van der Waals surface area contributed by atoms with E-state index in [9.17, 15) is 18.8 Å². The number of anilines is 1. The van der Waals surface area contributed by atoms with Gasteiger partial charge in [-0.3, -0.25) is 14.4 Å². The third kappa shape index (κ3) is 10.1. The first kappa shape index (κ1) is 35.1. The molecule has 10 nitrogen and oxygen atoms in total. The Labute approximate surface area is 285 Å². The standard InChI is InChI=1S/C38H42FN5O5/c1-25(45)43-36(34(28-9-5-3-6-10-28)29-11-7-4-8-12-29)38(47)44-35-30(19-20-40-37(35)46)15-18-33-22-42-32(24-49-33)23-48-26(2)41-21-27-13-16-31(39)17-14-27/h3-14,16-17,19-20,32-34,36,41-42H,2,15,18,21-24H2,1H3,(H,40,46)(H,43,45)(H,44,47)/t32-,33-,36?/m1/s1. The first-order valence-electron chi connectivity index (χ1n) is 16.3. The molecule has 49 heavy (non-hydrogen) atoms. The van der Waals surface area contributed by atoms with Crippen LogP contribution in [0, 0.1) is 5.82 Å². The highest BCUT2D eigenvalue weighted by Crippen LogP contribution is 2.29. The first-order chi connectivity index (χ1) is 23.8. The van der Waals surface area contributed by atoms with Crippen molar-refractivity contribution in [2.24, 2.45) is 0 Å². The van der Waals surface area contributed by atoms with E-state index in [4.69, 9.17) is 9.47 Å². The zero-order valence-corrected chi connectivity index (χ0v) is 27.4. The summed E-state index contributed by atoms with van der Waals surface area (Å²) < 4.78 is 25.0. The maximum absolute atomic E-state index is 14.0. The van der Waals surface area contributed by atoms with E-state index in [-0.39, 0.29) is 29.6 Å². The number of nitrogens with one attached hydrogen (secondary N) is 5. The second-order valence-electron chi connectivity index (χ2n) is 12.0. The number of aromatic amines is 1. The Balaban J connectivity index is 1.17. The molecule has 0 aliphatic carbocycles. The fourth-order valence-electron chi connectivity index (χ4n) is 5.82. The predicted molar refractivity (Wildman–Crippen MR) is 186 cm³/mol. The van der Waals surface area contributed by atoms with Gasteiger partial charge in [-0.2, -0.15) is 0 Å². The van der Waals surface area contributed by atoms with Crippen molar-refractivity contribution >= 4 is 17.5 Å². The van der Waals surface area contributed by atoms with E-state index in [0.29, 0.717) is 50.6 Å². The second-order valence-corrected chi connectivity index (χ2v) is 12.0. The molecule has 0 radical (unpaired) electrons. The number of ether oxygens (including phenoxy) is 2. The van der Waals surface area contributed by atoms with E-state index in [1.54, 1.807) is 24.4 Å². The van der Waals surface area contributed by atoms with Crippen molar-refractivity contribution in [3.8, 4) is 0 Å². The summed E-state index contributed by atoms with van der Waals surface area (Å²) in [5.41, 5.74) is 2.97. The third-order valence-electron chi connectivity index (χ3n) is 8.35. The van der Waals surface area contributed by atoms with E-state index in [2.05, 4.69) is 32.8 Å². The number of amides is 2. The number of halogens is 1. The average Bonchev–Trinajstić information content (AvgIpc) is 3.11. The van der Waals surface area contributed by atoms with Crippen molar-refractivity contribution in [3.63, 3.8) is 0 Å². The summed E-state index contributed by atoms with van der Waals surface area (Å²) in [7, 11) is 0. The van der Waals surface area contributed by atoms with Crippen molar-refractivity contribution in [2.75, 3.05) is 25.1 Å². The van der Waals surface area contributed by atoms with Gasteiger partial charge in [0.1, 0.15) is 24.2 Å². The van der Waals surface area contributed by atoms with Crippen LogP contribution in [0.15, 0.2) is 114 Å². The molecule has 1 aliphatic rings. The van der Waals surface area contributed by atoms with E-state index in [0.717, 1.165) is 16.7 Å². The molecule has 0 bridgehead atoms. The highest BCUT2D eigenvalue weighted by molar-refractivity contribution is 5.98. The van der Waals surface area contributed by atoms with Crippen molar-refractivity contribution in [3.05, 3.63) is 148 Å². The SMILES string of the molecule is C=C(NCc1ccc(F)cc1)OC[C@@H]1CO[C@H](CCc2cc[nH]c(=O)c2NC(=O)C(NC(C)=O)C(c2ccccc2)c2ccccc2)CN1. The number of carbonyl (C=O) groups excluding carboxylic acids is 2.